The lowest BCUT2D eigenvalue weighted by molar-refractivity contribution is -0.00271. The van der Waals surface area contributed by atoms with Crippen molar-refractivity contribution in [2.45, 2.75) is 6.92 Å². The zero-order valence-electron chi connectivity index (χ0n) is 16.8. The number of ether oxygens (including phenoxy) is 4. The molecule has 0 saturated heterocycles. The van der Waals surface area contributed by atoms with E-state index < -0.39 is 0 Å². The lowest BCUT2D eigenvalue weighted by Gasteiger charge is -2.22. The summed E-state index contributed by atoms with van der Waals surface area (Å²) in [5.74, 6) is -0.131. The Labute approximate surface area is 167 Å². The molecule has 1 N–H and O–H groups in total. The van der Waals surface area contributed by atoms with Gasteiger partial charge in [-0.25, -0.2) is 0 Å². The van der Waals surface area contributed by atoms with Gasteiger partial charge in [0.05, 0.1) is 52.9 Å². The van der Waals surface area contributed by atoms with Crippen molar-refractivity contribution in [3.63, 3.8) is 0 Å². The van der Waals surface area contributed by atoms with E-state index in [1.807, 2.05) is 19.1 Å². The topological polar surface area (TPSA) is 77.5 Å². The van der Waals surface area contributed by atoms with Crippen LogP contribution >= 0.6 is 0 Å². The van der Waals surface area contributed by atoms with E-state index in [2.05, 4.69) is 6.58 Å². The lowest BCUT2D eigenvalue weighted by Crippen LogP contribution is -2.36. The first kappa shape index (κ1) is 24.3. The van der Waals surface area contributed by atoms with Gasteiger partial charge in [0.1, 0.15) is 0 Å². The Morgan fingerprint density at radius 2 is 1.46 bits per heavy atom. The second-order valence-electron chi connectivity index (χ2n) is 5.88. The van der Waals surface area contributed by atoms with E-state index in [0.717, 1.165) is 5.56 Å². The number of nitrogens with zero attached hydrogens (tertiary/aromatic N) is 1. The minimum atomic E-state index is -0.131. The summed E-state index contributed by atoms with van der Waals surface area (Å²) < 4.78 is 21.4. The van der Waals surface area contributed by atoms with Crippen LogP contribution < -0.4 is 0 Å². The normalized spacial score (nSPS) is 10.8. The van der Waals surface area contributed by atoms with Crippen molar-refractivity contribution < 1.29 is 28.8 Å². The molecule has 0 unspecified atom stereocenters. The van der Waals surface area contributed by atoms with Crippen molar-refractivity contribution in [1.82, 2.24) is 4.90 Å². The minimum Gasteiger partial charge on any atom is -0.395 e. The fourth-order valence-electron chi connectivity index (χ4n) is 2.36. The number of carbonyl (C=O) groups is 1. The fraction of sp³-hybridized carbons (Fsp3) is 0.571. The first-order valence-electron chi connectivity index (χ1n) is 9.66. The first-order chi connectivity index (χ1) is 13.7. The summed E-state index contributed by atoms with van der Waals surface area (Å²) in [5, 5.41) is 9.22. The van der Waals surface area contributed by atoms with Crippen molar-refractivity contribution in [3.8, 4) is 0 Å². The minimum absolute atomic E-state index is 0.0944. The molecule has 0 bridgehead atoms. The second-order valence-corrected chi connectivity index (χ2v) is 5.88. The number of aliphatic hydroxyl groups excluding tert-OH is 1. The molecule has 0 spiro atoms. The molecule has 7 nitrogen and oxygen atoms in total. The molecule has 1 aromatic carbocycles. The van der Waals surface area contributed by atoms with Gasteiger partial charge in [-0.3, -0.25) is 4.79 Å². The molecule has 1 rings (SSSR count). The molecule has 158 valence electrons. The first-order valence-corrected chi connectivity index (χ1v) is 9.66. The van der Waals surface area contributed by atoms with Gasteiger partial charge in [0.15, 0.2) is 0 Å². The lowest BCUT2D eigenvalue weighted by atomic mass is 10.1. The summed E-state index contributed by atoms with van der Waals surface area (Å²) in [7, 11) is 0. The Morgan fingerprint density at radius 1 is 0.929 bits per heavy atom. The Morgan fingerprint density at radius 3 is 1.96 bits per heavy atom. The number of rotatable bonds is 17. The van der Waals surface area contributed by atoms with Crippen LogP contribution in [-0.4, -0.2) is 88.5 Å². The zero-order chi connectivity index (χ0) is 20.5. The Kier molecular flexibility index (Phi) is 14.0. The Balaban J connectivity index is 2.16. The number of amides is 1. The fourth-order valence-corrected chi connectivity index (χ4v) is 2.36. The molecule has 0 fully saturated rings. The molecular formula is C21H33NO6. The molecule has 0 aliphatic heterocycles. The van der Waals surface area contributed by atoms with Crippen LogP contribution in [0.15, 0.2) is 30.8 Å². The summed E-state index contributed by atoms with van der Waals surface area (Å²) in [4.78, 5) is 14.1. The van der Waals surface area contributed by atoms with E-state index in [0.29, 0.717) is 65.0 Å². The van der Waals surface area contributed by atoms with E-state index >= 15 is 0 Å². The van der Waals surface area contributed by atoms with Crippen molar-refractivity contribution in [2.75, 3.05) is 72.6 Å². The van der Waals surface area contributed by atoms with Gasteiger partial charge in [-0.15, -0.1) is 0 Å². The van der Waals surface area contributed by atoms with Gasteiger partial charge >= 0.3 is 0 Å². The monoisotopic (exact) mass is 395 g/mol. The molecule has 0 radical (unpaired) electrons. The van der Waals surface area contributed by atoms with Gasteiger partial charge in [0.2, 0.25) is 0 Å². The van der Waals surface area contributed by atoms with Crippen LogP contribution in [0.25, 0.3) is 6.08 Å². The third-order valence-corrected chi connectivity index (χ3v) is 3.88. The number of aliphatic hydroxyl groups is 1. The summed E-state index contributed by atoms with van der Waals surface area (Å²) in [6.45, 7) is 10.4. The maximum absolute atomic E-state index is 12.6. The average Bonchev–Trinajstić information content (AvgIpc) is 2.73. The van der Waals surface area contributed by atoms with Crippen LogP contribution in [-0.2, 0) is 18.9 Å². The number of benzene rings is 1. The number of carbonyl (C=O) groups excluding carboxylic acids is 1. The van der Waals surface area contributed by atoms with Crippen molar-refractivity contribution >= 4 is 12.0 Å². The molecule has 0 heterocycles. The van der Waals surface area contributed by atoms with E-state index in [9.17, 15) is 9.90 Å². The Hall–Kier alpha value is -1.77. The molecule has 1 aromatic rings. The van der Waals surface area contributed by atoms with Gasteiger partial charge in [-0.2, -0.15) is 0 Å². The Bertz CT molecular complexity index is 534. The summed E-state index contributed by atoms with van der Waals surface area (Å²) >= 11 is 0. The summed E-state index contributed by atoms with van der Waals surface area (Å²) in [6, 6.07) is 7.20. The van der Waals surface area contributed by atoms with E-state index in [1.54, 1.807) is 23.1 Å². The third kappa shape index (κ3) is 10.5. The van der Waals surface area contributed by atoms with Gasteiger partial charge in [-0.05, 0) is 24.6 Å². The molecule has 0 saturated carbocycles. The van der Waals surface area contributed by atoms with Crippen molar-refractivity contribution in [2.24, 2.45) is 0 Å². The van der Waals surface area contributed by atoms with Gasteiger partial charge < -0.3 is 29.0 Å². The highest BCUT2D eigenvalue weighted by Crippen LogP contribution is 2.08. The highest BCUT2D eigenvalue weighted by atomic mass is 16.6. The maximum Gasteiger partial charge on any atom is 0.254 e. The maximum atomic E-state index is 12.6. The average molecular weight is 395 g/mol. The second kappa shape index (κ2) is 16.2. The highest BCUT2D eigenvalue weighted by molar-refractivity contribution is 5.94. The van der Waals surface area contributed by atoms with Crippen molar-refractivity contribution in [1.29, 1.82) is 0 Å². The molecule has 7 heteroatoms. The van der Waals surface area contributed by atoms with Crippen LogP contribution in [0.3, 0.4) is 0 Å². The van der Waals surface area contributed by atoms with Crippen LogP contribution in [0.1, 0.15) is 22.8 Å². The molecule has 0 aliphatic carbocycles. The molecule has 0 aliphatic rings. The number of hydrogen-bond donors (Lipinski definition) is 1. The third-order valence-electron chi connectivity index (χ3n) is 3.88. The van der Waals surface area contributed by atoms with Gasteiger partial charge in [-0.1, -0.05) is 24.8 Å². The van der Waals surface area contributed by atoms with E-state index in [4.69, 9.17) is 18.9 Å². The smallest absolute Gasteiger partial charge is 0.254 e. The molecule has 28 heavy (non-hydrogen) atoms. The van der Waals surface area contributed by atoms with E-state index in [1.165, 1.54) is 0 Å². The van der Waals surface area contributed by atoms with Crippen LogP contribution in [0.5, 0.6) is 0 Å². The van der Waals surface area contributed by atoms with Crippen LogP contribution in [0, 0.1) is 0 Å². The van der Waals surface area contributed by atoms with Gasteiger partial charge in [0.25, 0.3) is 5.91 Å². The highest BCUT2D eigenvalue weighted by Gasteiger charge is 2.14. The molecule has 0 aromatic heterocycles. The predicted molar refractivity (Wildman–Crippen MR) is 108 cm³/mol. The van der Waals surface area contributed by atoms with Crippen molar-refractivity contribution in [3.05, 3.63) is 42.0 Å². The van der Waals surface area contributed by atoms with Crippen LogP contribution in [0.4, 0.5) is 0 Å². The van der Waals surface area contributed by atoms with Crippen LogP contribution in [0.2, 0.25) is 0 Å². The standard InChI is InChI=1S/C21H33NO6/c1-3-19-5-7-20(8-6-19)21(24)22(9-11-23)10-12-26-15-16-28-18-17-27-14-13-25-4-2/h3,5-8,23H,1,4,9-18H2,2H3. The number of hydrogen-bond acceptors (Lipinski definition) is 6. The largest absolute Gasteiger partial charge is 0.395 e. The van der Waals surface area contributed by atoms with Gasteiger partial charge in [0, 0.05) is 25.3 Å². The molecule has 1 amide bonds. The van der Waals surface area contributed by atoms with E-state index in [-0.39, 0.29) is 19.1 Å². The predicted octanol–water partition coefficient (Wildman–Crippen LogP) is 1.85. The quantitative estimate of drug-likeness (QED) is 0.406. The molecular weight excluding hydrogens is 362 g/mol. The summed E-state index contributed by atoms with van der Waals surface area (Å²) in [5.41, 5.74) is 1.53. The SMILES string of the molecule is C=Cc1ccc(C(=O)N(CCO)CCOCCOCCOCCOCC)cc1. The summed E-state index contributed by atoms with van der Waals surface area (Å²) in [6.07, 6.45) is 1.72. The molecule has 0 atom stereocenters. The zero-order valence-corrected chi connectivity index (χ0v) is 16.8.